The summed E-state index contributed by atoms with van der Waals surface area (Å²) in [6, 6.07) is 18.4. The van der Waals surface area contributed by atoms with Crippen LogP contribution in [0.4, 0.5) is 8.78 Å². The zero-order chi connectivity index (χ0) is 30.5. The van der Waals surface area contributed by atoms with Crippen molar-refractivity contribution < 1.29 is 18.3 Å². The average Bonchev–Trinajstić information content (AvgIpc) is 3.20. The fourth-order valence-corrected chi connectivity index (χ4v) is 6.56. The molecule has 9 heteroatoms. The SMILES string of the molecule is C=CCCc1cccc2c1SCc1c(ccc(F)c1F)[C@H]2N(C=C)n1ccc(=O)c(OCc2ccccc2)c1C(=O)NC. The molecule has 0 unspecified atom stereocenters. The molecule has 43 heavy (non-hydrogen) atoms. The third-order valence-electron chi connectivity index (χ3n) is 7.33. The second-order valence-corrected chi connectivity index (χ2v) is 10.9. The number of benzene rings is 3. The Bertz CT molecular complexity index is 1740. The molecule has 0 fully saturated rings. The van der Waals surface area contributed by atoms with E-state index in [1.165, 1.54) is 41.9 Å². The van der Waals surface area contributed by atoms with Gasteiger partial charge in [0.2, 0.25) is 5.43 Å². The molecule has 1 N–H and O–H groups in total. The smallest absolute Gasteiger partial charge is 0.273 e. The molecular formula is C34H31F2N3O3S. The zero-order valence-corrected chi connectivity index (χ0v) is 24.5. The summed E-state index contributed by atoms with van der Waals surface area (Å²) < 4.78 is 37.4. The highest BCUT2D eigenvalue weighted by Gasteiger charge is 2.34. The van der Waals surface area contributed by atoms with Gasteiger partial charge in [-0.1, -0.05) is 67.3 Å². The minimum Gasteiger partial charge on any atom is -0.482 e. The summed E-state index contributed by atoms with van der Waals surface area (Å²) in [6.07, 6.45) is 6.26. The highest BCUT2D eigenvalue weighted by molar-refractivity contribution is 7.98. The molecule has 2 heterocycles. The van der Waals surface area contributed by atoms with Crippen molar-refractivity contribution >= 4 is 17.7 Å². The number of rotatable bonds is 10. The molecule has 1 aromatic heterocycles. The largest absolute Gasteiger partial charge is 0.482 e. The van der Waals surface area contributed by atoms with E-state index in [0.29, 0.717) is 12.0 Å². The molecule has 3 aromatic carbocycles. The van der Waals surface area contributed by atoms with Gasteiger partial charge >= 0.3 is 0 Å². The second kappa shape index (κ2) is 13.1. The van der Waals surface area contributed by atoms with Gasteiger partial charge in [-0.3, -0.25) is 19.3 Å². The van der Waals surface area contributed by atoms with Gasteiger partial charge in [-0.25, -0.2) is 8.78 Å². The molecule has 0 saturated heterocycles. The fraction of sp³-hybridized carbons (Fsp3) is 0.176. The van der Waals surface area contributed by atoms with Crippen molar-refractivity contribution in [3.63, 3.8) is 0 Å². The highest BCUT2D eigenvalue weighted by Crippen LogP contribution is 2.45. The Balaban J connectivity index is 1.73. The van der Waals surface area contributed by atoms with Crippen LogP contribution in [-0.4, -0.2) is 17.6 Å². The first-order valence-electron chi connectivity index (χ1n) is 13.8. The minimum absolute atomic E-state index is 0.0566. The van der Waals surface area contributed by atoms with Crippen molar-refractivity contribution in [2.45, 2.75) is 36.1 Å². The Morgan fingerprint density at radius 3 is 2.60 bits per heavy atom. The number of amides is 1. The lowest BCUT2D eigenvalue weighted by Gasteiger charge is -2.35. The minimum atomic E-state index is -0.938. The number of hydrogen-bond donors (Lipinski definition) is 1. The molecule has 6 nitrogen and oxygen atoms in total. The molecule has 1 amide bonds. The van der Waals surface area contributed by atoms with Crippen LogP contribution in [-0.2, 0) is 18.8 Å². The number of hydrogen-bond acceptors (Lipinski definition) is 5. The topological polar surface area (TPSA) is 63.6 Å². The number of carbonyl (C=O) groups is 1. The van der Waals surface area contributed by atoms with E-state index in [9.17, 15) is 14.0 Å². The third kappa shape index (κ3) is 5.85. The maximum Gasteiger partial charge on any atom is 0.273 e. The van der Waals surface area contributed by atoms with Crippen molar-refractivity contribution in [1.82, 2.24) is 9.99 Å². The Labute approximate surface area is 253 Å². The molecule has 0 radical (unpaired) electrons. The molecule has 1 atom stereocenters. The van der Waals surface area contributed by atoms with E-state index < -0.39 is 29.0 Å². The molecule has 1 aliphatic rings. The number of allylic oxidation sites excluding steroid dienone is 1. The van der Waals surface area contributed by atoms with E-state index in [1.54, 1.807) is 11.1 Å². The summed E-state index contributed by atoms with van der Waals surface area (Å²) in [5.41, 5.74) is 2.87. The number of nitrogens with zero attached hydrogens (tertiary/aromatic N) is 2. The first-order valence-corrected chi connectivity index (χ1v) is 14.8. The number of nitrogens with one attached hydrogen (secondary N) is 1. The number of aromatic nitrogens is 1. The van der Waals surface area contributed by atoms with Crippen LogP contribution >= 0.6 is 11.8 Å². The summed E-state index contributed by atoms with van der Waals surface area (Å²) in [7, 11) is 1.46. The average molecular weight is 600 g/mol. The van der Waals surface area contributed by atoms with Crippen LogP contribution in [0.2, 0.25) is 0 Å². The normalized spacial score (nSPS) is 13.7. The molecule has 0 saturated carbocycles. The lowest BCUT2D eigenvalue weighted by Crippen LogP contribution is -2.40. The Kier molecular flexibility index (Phi) is 9.11. The van der Waals surface area contributed by atoms with Crippen LogP contribution in [0.25, 0.3) is 0 Å². The van der Waals surface area contributed by atoms with Gasteiger partial charge in [-0.15, -0.1) is 18.3 Å². The number of fused-ring (bicyclic) bond motifs is 2. The predicted molar refractivity (Wildman–Crippen MR) is 166 cm³/mol. The predicted octanol–water partition coefficient (Wildman–Crippen LogP) is 6.66. The third-order valence-corrected chi connectivity index (χ3v) is 8.55. The van der Waals surface area contributed by atoms with Gasteiger partial charge in [0.1, 0.15) is 12.6 Å². The maximum absolute atomic E-state index is 15.4. The molecule has 0 spiro atoms. The van der Waals surface area contributed by atoms with Crippen molar-refractivity contribution in [3.8, 4) is 5.75 Å². The summed E-state index contributed by atoms with van der Waals surface area (Å²) in [5.74, 6) is -2.37. The molecule has 5 rings (SSSR count). The lowest BCUT2D eigenvalue weighted by molar-refractivity contribution is 0.0946. The second-order valence-electron chi connectivity index (χ2n) is 9.90. The number of carbonyl (C=O) groups excluding carboxylic acids is 1. The number of pyridine rings is 1. The Morgan fingerprint density at radius 2 is 1.88 bits per heavy atom. The van der Waals surface area contributed by atoms with Gasteiger partial charge < -0.3 is 10.1 Å². The first-order chi connectivity index (χ1) is 20.9. The van der Waals surface area contributed by atoms with E-state index in [0.717, 1.165) is 34.1 Å². The van der Waals surface area contributed by atoms with Gasteiger partial charge in [-0.2, -0.15) is 0 Å². The molecule has 1 aliphatic heterocycles. The van der Waals surface area contributed by atoms with E-state index in [4.69, 9.17) is 4.74 Å². The van der Waals surface area contributed by atoms with Gasteiger partial charge in [0, 0.05) is 41.7 Å². The van der Waals surface area contributed by atoms with Crippen LogP contribution in [0.1, 0.15) is 50.8 Å². The molecule has 220 valence electrons. The van der Waals surface area contributed by atoms with Crippen LogP contribution in [0.3, 0.4) is 0 Å². The summed E-state index contributed by atoms with van der Waals surface area (Å²) in [4.78, 5) is 27.5. The maximum atomic E-state index is 15.4. The first kappa shape index (κ1) is 29.8. The fourth-order valence-electron chi connectivity index (χ4n) is 5.27. The van der Waals surface area contributed by atoms with E-state index in [1.807, 2.05) is 54.6 Å². The molecule has 0 aliphatic carbocycles. The van der Waals surface area contributed by atoms with Gasteiger partial charge in [-0.05, 0) is 41.2 Å². The Morgan fingerprint density at radius 1 is 1.09 bits per heavy atom. The van der Waals surface area contributed by atoms with E-state index >= 15 is 4.39 Å². The summed E-state index contributed by atoms with van der Waals surface area (Å²) in [5, 5.41) is 4.26. The Hall–Kier alpha value is -4.63. The monoisotopic (exact) mass is 599 g/mol. The molecule has 4 aromatic rings. The standard InChI is InChI=1S/C34H31F2N3O3S/c1-4-6-13-23-14-10-15-25-30(24-16-17-27(35)29(36)26(24)21-43-33(23)25)38(5-2)39-19-18-28(40)32(31(39)34(41)37-3)42-20-22-11-8-7-9-12-22/h4-5,7-12,14-19,30H,1-2,6,13,20-21H2,3H3,(H,37,41)/t30-/m1/s1. The van der Waals surface area contributed by atoms with Crippen LogP contribution in [0, 0.1) is 11.6 Å². The number of thioether (sulfide) groups is 1. The van der Waals surface area contributed by atoms with Gasteiger partial charge in [0.25, 0.3) is 5.91 Å². The van der Waals surface area contributed by atoms with Crippen LogP contribution < -0.4 is 20.5 Å². The van der Waals surface area contributed by atoms with Crippen molar-refractivity contribution in [1.29, 1.82) is 0 Å². The van der Waals surface area contributed by atoms with Gasteiger partial charge in [0.05, 0.1) is 0 Å². The zero-order valence-electron chi connectivity index (χ0n) is 23.7. The van der Waals surface area contributed by atoms with E-state index in [2.05, 4.69) is 18.5 Å². The number of aryl methyl sites for hydroxylation is 1. The highest BCUT2D eigenvalue weighted by atomic mass is 32.2. The summed E-state index contributed by atoms with van der Waals surface area (Å²) in [6.45, 7) is 7.94. The van der Waals surface area contributed by atoms with E-state index in [-0.39, 0.29) is 29.4 Å². The number of ether oxygens (including phenoxy) is 1. The van der Waals surface area contributed by atoms with Crippen molar-refractivity contribution in [2.24, 2.45) is 0 Å². The molecule has 0 bridgehead atoms. The number of halogens is 2. The van der Waals surface area contributed by atoms with Crippen LogP contribution in [0.5, 0.6) is 5.75 Å². The van der Waals surface area contributed by atoms with Gasteiger partial charge in [0.15, 0.2) is 23.1 Å². The van der Waals surface area contributed by atoms with Crippen molar-refractivity contribution in [2.75, 3.05) is 12.1 Å². The summed E-state index contributed by atoms with van der Waals surface area (Å²) >= 11 is 1.44. The molecular weight excluding hydrogens is 568 g/mol. The quantitative estimate of drug-likeness (QED) is 0.207. The van der Waals surface area contributed by atoms with Crippen LogP contribution in [0.15, 0.2) is 108 Å². The van der Waals surface area contributed by atoms with Crippen molar-refractivity contribution in [3.05, 3.63) is 154 Å². The lowest BCUT2D eigenvalue weighted by atomic mass is 9.92.